The van der Waals surface area contributed by atoms with Crippen molar-refractivity contribution in [3.05, 3.63) is 0 Å². The lowest BCUT2D eigenvalue weighted by Crippen LogP contribution is -2.54. The topological polar surface area (TPSA) is 121 Å². The Morgan fingerprint density at radius 3 is 2.50 bits per heavy atom. The number of nitrogens with zero attached hydrogens (tertiary/aromatic N) is 1. The molecular formula is C11H18N2O6S. The van der Waals surface area contributed by atoms with Crippen LogP contribution in [0.1, 0.15) is 26.2 Å². The van der Waals surface area contributed by atoms with Crippen LogP contribution in [0.5, 0.6) is 0 Å². The van der Waals surface area contributed by atoms with Crippen molar-refractivity contribution in [2.75, 3.05) is 18.1 Å². The Hall–Kier alpha value is -1.64. The number of hydrogen-bond donors (Lipinski definition) is 2. The van der Waals surface area contributed by atoms with Crippen LogP contribution in [0.25, 0.3) is 0 Å². The minimum atomic E-state index is -3.12. The molecular weight excluding hydrogens is 288 g/mol. The first-order valence-corrected chi connectivity index (χ1v) is 8.06. The van der Waals surface area contributed by atoms with Crippen molar-refractivity contribution < 1.29 is 27.9 Å². The maximum Gasteiger partial charge on any atom is 0.324 e. The zero-order valence-electron chi connectivity index (χ0n) is 11.2. The molecule has 1 atom stereocenters. The van der Waals surface area contributed by atoms with Crippen molar-refractivity contribution >= 4 is 27.7 Å². The lowest BCUT2D eigenvalue weighted by molar-refractivity contribution is -0.137. The summed E-state index contributed by atoms with van der Waals surface area (Å²) in [6.45, 7) is 1.66. The van der Waals surface area contributed by atoms with Gasteiger partial charge < -0.3 is 10.0 Å². The summed E-state index contributed by atoms with van der Waals surface area (Å²) in [6, 6.07) is -1.12. The van der Waals surface area contributed by atoms with E-state index < -0.39 is 33.8 Å². The number of sulfone groups is 1. The molecule has 114 valence electrons. The summed E-state index contributed by atoms with van der Waals surface area (Å²) in [7, 11) is -3.12. The first-order chi connectivity index (χ1) is 9.21. The predicted molar refractivity (Wildman–Crippen MR) is 69.8 cm³/mol. The van der Waals surface area contributed by atoms with Gasteiger partial charge in [0.05, 0.1) is 11.5 Å². The zero-order chi connectivity index (χ0) is 15.3. The van der Waals surface area contributed by atoms with Gasteiger partial charge in [-0.25, -0.2) is 13.2 Å². The standard InChI is InChI=1S/C11H18N2O6S/c1-8-7-20(18,19)6-5-13(8)11(17)12-9(14)3-2-4-10(15)16/h8H,2-7H2,1H3,(H,15,16)(H,12,14,17). The smallest absolute Gasteiger partial charge is 0.324 e. The second-order valence-electron chi connectivity index (χ2n) is 4.76. The van der Waals surface area contributed by atoms with Gasteiger partial charge in [0, 0.05) is 25.4 Å². The summed E-state index contributed by atoms with van der Waals surface area (Å²) in [6.07, 6.45) is -0.0447. The third kappa shape index (κ3) is 5.16. The van der Waals surface area contributed by atoms with E-state index in [2.05, 4.69) is 5.32 Å². The first kappa shape index (κ1) is 16.4. The molecule has 1 unspecified atom stereocenters. The highest BCUT2D eigenvalue weighted by Gasteiger charge is 2.31. The van der Waals surface area contributed by atoms with Gasteiger partial charge in [-0.1, -0.05) is 0 Å². The molecule has 9 heteroatoms. The van der Waals surface area contributed by atoms with Gasteiger partial charge in [-0.3, -0.25) is 14.9 Å². The van der Waals surface area contributed by atoms with E-state index in [1.54, 1.807) is 6.92 Å². The van der Waals surface area contributed by atoms with Crippen LogP contribution in [0.2, 0.25) is 0 Å². The minimum Gasteiger partial charge on any atom is -0.481 e. The summed E-state index contributed by atoms with van der Waals surface area (Å²) in [5, 5.41) is 10.6. The van der Waals surface area contributed by atoms with E-state index in [1.807, 2.05) is 0 Å². The van der Waals surface area contributed by atoms with Crippen molar-refractivity contribution in [3.8, 4) is 0 Å². The molecule has 20 heavy (non-hydrogen) atoms. The fraction of sp³-hybridized carbons (Fsp3) is 0.727. The Labute approximate surface area is 117 Å². The lowest BCUT2D eigenvalue weighted by Gasteiger charge is -2.32. The number of hydrogen-bond acceptors (Lipinski definition) is 5. The monoisotopic (exact) mass is 306 g/mol. The molecule has 1 aliphatic heterocycles. The van der Waals surface area contributed by atoms with Crippen LogP contribution >= 0.6 is 0 Å². The number of carboxylic acids is 1. The Morgan fingerprint density at radius 2 is 1.95 bits per heavy atom. The molecule has 3 amide bonds. The second-order valence-corrected chi connectivity index (χ2v) is 6.99. The normalized spacial score (nSPS) is 21.2. The molecule has 1 rings (SSSR count). The number of imide groups is 1. The van der Waals surface area contributed by atoms with E-state index in [1.165, 1.54) is 4.90 Å². The lowest BCUT2D eigenvalue weighted by atomic mass is 10.2. The average molecular weight is 306 g/mol. The van der Waals surface area contributed by atoms with Gasteiger partial charge in [-0.15, -0.1) is 0 Å². The Kier molecular flexibility index (Phi) is 5.49. The molecule has 0 aromatic heterocycles. The molecule has 1 fully saturated rings. The molecule has 0 aromatic carbocycles. The molecule has 1 saturated heterocycles. The van der Waals surface area contributed by atoms with Crippen molar-refractivity contribution in [2.45, 2.75) is 32.2 Å². The molecule has 1 aliphatic rings. The van der Waals surface area contributed by atoms with Crippen LogP contribution in [0.3, 0.4) is 0 Å². The largest absolute Gasteiger partial charge is 0.481 e. The van der Waals surface area contributed by atoms with Crippen LogP contribution in [-0.2, 0) is 19.4 Å². The number of carbonyl (C=O) groups excluding carboxylic acids is 2. The van der Waals surface area contributed by atoms with Gasteiger partial charge in [-0.2, -0.15) is 0 Å². The van der Waals surface area contributed by atoms with Gasteiger partial charge >= 0.3 is 12.0 Å². The maximum atomic E-state index is 11.8. The summed E-state index contributed by atoms with van der Waals surface area (Å²) >= 11 is 0. The van der Waals surface area contributed by atoms with E-state index in [0.29, 0.717) is 0 Å². The zero-order valence-corrected chi connectivity index (χ0v) is 12.0. The maximum absolute atomic E-state index is 11.8. The summed E-state index contributed by atoms with van der Waals surface area (Å²) in [5.41, 5.74) is 0. The summed E-state index contributed by atoms with van der Waals surface area (Å²) in [5.74, 6) is -1.79. The molecule has 0 radical (unpaired) electrons. The minimum absolute atomic E-state index is 0.0533. The van der Waals surface area contributed by atoms with E-state index in [-0.39, 0.29) is 37.3 Å². The number of aliphatic carboxylic acids is 1. The Bertz CT molecular complexity index is 501. The van der Waals surface area contributed by atoms with E-state index in [9.17, 15) is 22.8 Å². The molecule has 0 aromatic rings. The molecule has 1 heterocycles. The molecule has 0 aliphatic carbocycles. The quantitative estimate of drug-likeness (QED) is 0.728. The number of rotatable bonds is 4. The molecule has 0 spiro atoms. The average Bonchev–Trinajstić information content (AvgIpc) is 2.26. The fourth-order valence-electron chi connectivity index (χ4n) is 1.95. The van der Waals surface area contributed by atoms with Gasteiger partial charge in [0.1, 0.15) is 0 Å². The van der Waals surface area contributed by atoms with Crippen molar-refractivity contribution in [1.29, 1.82) is 0 Å². The van der Waals surface area contributed by atoms with Crippen LogP contribution in [0.4, 0.5) is 4.79 Å². The molecule has 2 N–H and O–H groups in total. The summed E-state index contributed by atoms with van der Waals surface area (Å²) < 4.78 is 22.8. The highest BCUT2D eigenvalue weighted by molar-refractivity contribution is 7.91. The highest BCUT2D eigenvalue weighted by atomic mass is 32.2. The Balaban J connectivity index is 2.43. The van der Waals surface area contributed by atoms with Crippen LogP contribution in [0, 0.1) is 0 Å². The van der Waals surface area contributed by atoms with E-state index in [4.69, 9.17) is 5.11 Å². The number of carbonyl (C=O) groups is 3. The second kappa shape index (κ2) is 6.69. The fourth-order valence-corrected chi connectivity index (χ4v) is 3.51. The van der Waals surface area contributed by atoms with Gasteiger partial charge in [0.2, 0.25) is 5.91 Å². The van der Waals surface area contributed by atoms with E-state index in [0.717, 1.165) is 0 Å². The van der Waals surface area contributed by atoms with Gasteiger partial charge in [0.15, 0.2) is 9.84 Å². The van der Waals surface area contributed by atoms with Crippen molar-refractivity contribution in [3.63, 3.8) is 0 Å². The third-order valence-corrected chi connectivity index (χ3v) is 4.77. The first-order valence-electron chi connectivity index (χ1n) is 6.24. The van der Waals surface area contributed by atoms with E-state index >= 15 is 0 Å². The third-order valence-electron chi connectivity index (χ3n) is 2.97. The molecule has 0 saturated carbocycles. The summed E-state index contributed by atoms with van der Waals surface area (Å²) in [4.78, 5) is 34.8. The molecule has 8 nitrogen and oxygen atoms in total. The number of carboxylic acid groups (broad SMARTS) is 1. The van der Waals surface area contributed by atoms with Crippen molar-refractivity contribution in [2.24, 2.45) is 0 Å². The van der Waals surface area contributed by atoms with Crippen molar-refractivity contribution in [1.82, 2.24) is 10.2 Å². The SMILES string of the molecule is CC1CS(=O)(=O)CCN1C(=O)NC(=O)CCCC(=O)O. The number of amides is 3. The van der Waals surface area contributed by atoms with Crippen LogP contribution in [0.15, 0.2) is 0 Å². The highest BCUT2D eigenvalue weighted by Crippen LogP contribution is 2.11. The number of urea groups is 1. The van der Waals surface area contributed by atoms with Crippen LogP contribution in [-0.4, -0.2) is 60.4 Å². The van der Waals surface area contributed by atoms with Gasteiger partial charge in [0.25, 0.3) is 0 Å². The predicted octanol–water partition coefficient (Wildman–Crippen LogP) is -0.404. The Morgan fingerprint density at radius 1 is 1.30 bits per heavy atom. The molecule has 0 bridgehead atoms. The van der Waals surface area contributed by atoms with Gasteiger partial charge in [-0.05, 0) is 13.3 Å². The van der Waals surface area contributed by atoms with Crippen LogP contribution < -0.4 is 5.32 Å². The number of nitrogens with one attached hydrogen (secondary N) is 1.